The molecule has 0 saturated carbocycles. The highest BCUT2D eigenvalue weighted by Gasteiger charge is 2.31. The molecule has 0 aliphatic carbocycles. The standard InChI is InChI=1S/C23H29IN6S/c1-14-6-7-18-20(15(2)28-30(18)31-24)19(14)21-26-17-8-10-25-12-16(17)22(27-21)29-11-5-9-23(3,4)13-29/h6-7,25H,5,8-13H2,1-4H3. The van der Waals surface area contributed by atoms with Crippen LogP contribution in [0.5, 0.6) is 0 Å². The molecule has 0 unspecified atom stereocenters. The Morgan fingerprint density at radius 3 is 2.81 bits per heavy atom. The summed E-state index contributed by atoms with van der Waals surface area (Å²) in [7, 11) is 1.60. The van der Waals surface area contributed by atoms with E-state index in [0.717, 1.165) is 61.0 Å². The molecule has 0 atom stereocenters. The Hall–Kier alpha value is -1.39. The van der Waals surface area contributed by atoms with E-state index < -0.39 is 0 Å². The van der Waals surface area contributed by atoms with Crippen LogP contribution >= 0.6 is 30.3 Å². The van der Waals surface area contributed by atoms with Crippen LogP contribution in [0, 0.1) is 19.3 Å². The Labute approximate surface area is 200 Å². The van der Waals surface area contributed by atoms with Crippen molar-refractivity contribution in [1.29, 1.82) is 0 Å². The maximum absolute atomic E-state index is 5.26. The zero-order valence-electron chi connectivity index (χ0n) is 18.6. The number of anilines is 1. The Kier molecular flexibility index (Phi) is 5.67. The van der Waals surface area contributed by atoms with Crippen molar-refractivity contribution >= 4 is 47.0 Å². The lowest BCUT2D eigenvalue weighted by Gasteiger charge is -2.40. The van der Waals surface area contributed by atoms with E-state index in [0.29, 0.717) is 5.41 Å². The molecular weight excluding hydrogens is 519 g/mol. The molecule has 0 radical (unpaired) electrons. The summed E-state index contributed by atoms with van der Waals surface area (Å²) in [5, 5.41) is 9.46. The van der Waals surface area contributed by atoms with Crippen molar-refractivity contribution in [2.45, 2.75) is 53.5 Å². The molecule has 0 amide bonds. The first-order chi connectivity index (χ1) is 14.9. The molecular formula is C23H29IN6S. The summed E-state index contributed by atoms with van der Waals surface area (Å²) in [5.74, 6) is 1.98. The average molecular weight is 548 g/mol. The number of halogens is 1. The van der Waals surface area contributed by atoms with Crippen molar-refractivity contribution in [2.24, 2.45) is 5.41 Å². The fraction of sp³-hybridized carbons (Fsp3) is 0.522. The summed E-state index contributed by atoms with van der Waals surface area (Å²) in [6.45, 7) is 12.9. The van der Waals surface area contributed by atoms with Crippen LogP contribution in [0.4, 0.5) is 5.82 Å². The van der Waals surface area contributed by atoms with Gasteiger partial charge in [-0.05, 0) is 43.7 Å². The van der Waals surface area contributed by atoms with Crippen LogP contribution in [0.15, 0.2) is 12.1 Å². The molecule has 2 aliphatic heterocycles. The normalized spacial score (nSPS) is 18.4. The van der Waals surface area contributed by atoms with Gasteiger partial charge in [-0.1, -0.05) is 19.9 Å². The number of aryl methyl sites for hydroxylation is 2. The van der Waals surface area contributed by atoms with Gasteiger partial charge < -0.3 is 10.2 Å². The molecule has 3 aromatic rings. The van der Waals surface area contributed by atoms with E-state index in [1.807, 2.05) is 4.09 Å². The second-order valence-corrected chi connectivity index (χ2v) is 11.3. The van der Waals surface area contributed by atoms with Gasteiger partial charge in [0.15, 0.2) is 5.82 Å². The molecule has 2 aromatic heterocycles. The van der Waals surface area contributed by atoms with Crippen LogP contribution in [0.25, 0.3) is 22.3 Å². The van der Waals surface area contributed by atoms with Crippen molar-refractivity contribution < 1.29 is 0 Å². The van der Waals surface area contributed by atoms with E-state index in [2.05, 4.69) is 71.2 Å². The molecule has 8 heteroatoms. The highest BCUT2D eigenvalue weighted by Crippen LogP contribution is 2.38. The number of benzene rings is 1. The highest BCUT2D eigenvalue weighted by atomic mass is 127. The van der Waals surface area contributed by atoms with Crippen LogP contribution in [0.2, 0.25) is 0 Å². The minimum atomic E-state index is 0.309. The maximum atomic E-state index is 5.26. The molecule has 1 N–H and O–H groups in total. The van der Waals surface area contributed by atoms with E-state index in [4.69, 9.17) is 15.1 Å². The molecule has 4 heterocycles. The van der Waals surface area contributed by atoms with Gasteiger partial charge in [0.05, 0.1) is 16.9 Å². The van der Waals surface area contributed by atoms with Gasteiger partial charge in [-0.3, -0.25) is 0 Å². The number of hydrogen-bond donors (Lipinski definition) is 1. The molecule has 6 nitrogen and oxygen atoms in total. The van der Waals surface area contributed by atoms with Gasteiger partial charge in [-0.15, -0.1) is 0 Å². The average Bonchev–Trinajstić information content (AvgIpc) is 3.08. The number of hydrogen-bond acceptors (Lipinski definition) is 6. The van der Waals surface area contributed by atoms with E-state index in [1.165, 1.54) is 35.0 Å². The van der Waals surface area contributed by atoms with E-state index in [1.54, 1.807) is 9.12 Å². The Morgan fingerprint density at radius 1 is 1.19 bits per heavy atom. The quantitative estimate of drug-likeness (QED) is 0.453. The van der Waals surface area contributed by atoms with Crippen LogP contribution in [-0.4, -0.2) is 38.8 Å². The van der Waals surface area contributed by atoms with Crippen molar-refractivity contribution in [1.82, 2.24) is 24.5 Å². The SMILES string of the molecule is Cc1ccc2c(c(C)nn2SI)c1-c1nc2c(c(N3CCCC(C)(C)C3)n1)CNCC2. The number of piperidine rings is 1. The van der Waals surface area contributed by atoms with Gasteiger partial charge in [0.2, 0.25) is 0 Å². The summed E-state index contributed by atoms with van der Waals surface area (Å²) < 4.78 is 1.99. The predicted octanol–water partition coefficient (Wildman–Crippen LogP) is 5.23. The molecule has 1 aromatic carbocycles. The van der Waals surface area contributed by atoms with E-state index in [9.17, 15) is 0 Å². The maximum Gasteiger partial charge on any atom is 0.162 e. The molecule has 1 fully saturated rings. The lowest BCUT2D eigenvalue weighted by atomic mass is 9.84. The number of nitrogens with one attached hydrogen (secondary N) is 1. The third-order valence-electron chi connectivity index (χ3n) is 6.60. The first-order valence-electron chi connectivity index (χ1n) is 11.0. The summed E-state index contributed by atoms with van der Waals surface area (Å²) >= 11 is 2.29. The number of rotatable bonds is 3. The molecule has 2 aliphatic rings. The monoisotopic (exact) mass is 548 g/mol. The van der Waals surface area contributed by atoms with Gasteiger partial charge in [-0.25, -0.2) is 9.97 Å². The van der Waals surface area contributed by atoms with Crippen LogP contribution in [0.1, 0.15) is 49.2 Å². The molecule has 164 valence electrons. The lowest BCUT2D eigenvalue weighted by molar-refractivity contribution is 0.291. The number of aromatic nitrogens is 4. The third-order valence-corrected chi connectivity index (χ3v) is 8.13. The van der Waals surface area contributed by atoms with Gasteiger partial charge in [0.25, 0.3) is 0 Å². The van der Waals surface area contributed by atoms with Crippen LogP contribution in [0.3, 0.4) is 0 Å². The second-order valence-electron chi connectivity index (χ2n) is 9.59. The lowest BCUT2D eigenvalue weighted by Crippen LogP contribution is -2.42. The molecule has 5 rings (SSSR count). The fourth-order valence-electron chi connectivity index (χ4n) is 5.10. The van der Waals surface area contributed by atoms with Crippen molar-refractivity contribution in [3.8, 4) is 11.4 Å². The van der Waals surface area contributed by atoms with Crippen molar-refractivity contribution in [3.63, 3.8) is 0 Å². The number of nitrogens with zero attached hydrogens (tertiary/aromatic N) is 5. The smallest absolute Gasteiger partial charge is 0.162 e. The zero-order chi connectivity index (χ0) is 21.8. The summed E-state index contributed by atoms with van der Waals surface area (Å²) in [6.07, 6.45) is 3.43. The zero-order valence-corrected chi connectivity index (χ0v) is 21.6. The Bertz CT molecular complexity index is 1150. The molecule has 31 heavy (non-hydrogen) atoms. The van der Waals surface area contributed by atoms with Crippen molar-refractivity contribution in [2.75, 3.05) is 24.5 Å². The van der Waals surface area contributed by atoms with Gasteiger partial charge >= 0.3 is 0 Å². The summed E-state index contributed by atoms with van der Waals surface area (Å²) in [5.41, 5.74) is 7.28. The van der Waals surface area contributed by atoms with Gasteiger partial charge in [0, 0.05) is 79.4 Å². The fourth-order valence-corrected chi connectivity index (χ4v) is 6.39. The van der Waals surface area contributed by atoms with E-state index >= 15 is 0 Å². The topological polar surface area (TPSA) is 58.9 Å². The first kappa shape index (κ1) is 21.5. The molecule has 1 saturated heterocycles. The summed E-state index contributed by atoms with van der Waals surface area (Å²) in [4.78, 5) is 12.9. The molecule has 0 spiro atoms. The van der Waals surface area contributed by atoms with Gasteiger partial charge in [0.1, 0.15) is 5.82 Å². The van der Waals surface area contributed by atoms with Gasteiger partial charge in [-0.2, -0.15) is 9.19 Å². The molecule has 0 bridgehead atoms. The third kappa shape index (κ3) is 3.84. The van der Waals surface area contributed by atoms with E-state index in [-0.39, 0.29) is 0 Å². The predicted molar refractivity (Wildman–Crippen MR) is 138 cm³/mol. The van der Waals surface area contributed by atoms with Crippen molar-refractivity contribution in [3.05, 3.63) is 34.6 Å². The minimum absolute atomic E-state index is 0.309. The van der Waals surface area contributed by atoms with Crippen LogP contribution < -0.4 is 10.2 Å². The number of fused-ring (bicyclic) bond motifs is 2. The Morgan fingerprint density at radius 2 is 2.03 bits per heavy atom. The minimum Gasteiger partial charge on any atom is -0.356 e. The Balaban J connectivity index is 1.73. The highest BCUT2D eigenvalue weighted by molar-refractivity contribution is 14.2. The van der Waals surface area contributed by atoms with Crippen LogP contribution in [-0.2, 0) is 13.0 Å². The second kappa shape index (κ2) is 8.19. The largest absolute Gasteiger partial charge is 0.356 e. The first-order valence-corrected chi connectivity index (χ1v) is 14.3. The summed E-state index contributed by atoms with van der Waals surface area (Å²) in [6, 6.07) is 4.34.